The Morgan fingerprint density at radius 3 is 2.90 bits per heavy atom. The van der Waals surface area contributed by atoms with E-state index in [0.29, 0.717) is 16.1 Å². The highest BCUT2D eigenvalue weighted by atomic mass is 79.9. The molecule has 0 radical (unpaired) electrons. The first-order chi connectivity index (χ1) is 9.47. The molecule has 2 rings (SSSR count). The molecule has 0 aromatic heterocycles. The predicted octanol–water partition coefficient (Wildman–Crippen LogP) is 3.62. The van der Waals surface area contributed by atoms with Gasteiger partial charge >= 0.3 is 6.03 Å². The van der Waals surface area contributed by atoms with E-state index < -0.39 is 4.92 Å². The van der Waals surface area contributed by atoms with Crippen LogP contribution in [0.2, 0.25) is 0 Å². The first-order valence-corrected chi connectivity index (χ1v) is 7.26. The van der Waals surface area contributed by atoms with Crippen molar-refractivity contribution >= 4 is 33.3 Å². The summed E-state index contributed by atoms with van der Waals surface area (Å²) in [6.45, 7) is 3.62. The van der Waals surface area contributed by atoms with Gasteiger partial charge in [-0.1, -0.05) is 6.92 Å². The Labute approximate surface area is 125 Å². The first kappa shape index (κ1) is 14.8. The lowest BCUT2D eigenvalue weighted by Gasteiger charge is -2.31. The van der Waals surface area contributed by atoms with Gasteiger partial charge in [-0.05, 0) is 40.8 Å². The zero-order valence-corrected chi connectivity index (χ0v) is 12.7. The van der Waals surface area contributed by atoms with Gasteiger partial charge in [0.2, 0.25) is 0 Å². The number of non-ortho nitro benzene ring substituents is 1. The molecule has 1 heterocycles. The fourth-order valence-electron chi connectivity index (χ4n) is 2.29. The number of nitrogens with one attached hydrogen (secondary N) is 1. The van der Waals surface area contributed by atoms with Crippen LogP contribution >= 0.6 is 15.9 Å². The van der Waals surface area contributed by atoms with E-state index >= 15 is 0 Å². The minimum absolute atomic E-state index is 0.0125. The molecular formula is C13H16BrN3O3. The number of nitro groups is 1. The quantitative estimate of drug-likeness (QED) is 0.659. The number of nitro benzene ring substituents is 1. The van der Waals surface area contributed by atoms with Crippen molar-refractivity contribution < 1.29 is 9.72 Å². The summed E-state index contributed by atoms with van der Waals surface area (Å²) in [5.41, 5.74) is 0.528. The Hall–Kier alpha value is -1.63. The molecule has 1 aromatic carbocycles. The van der Waals surface area contributed by atoms with Crippen LogP contribution in [0.3, 0.4) is 0 Å². The second-order valence-electron chi connectivity index (χ2n) is 5.04. The maximum Gasteiger partial charge on any atom is 0.321 e. The van der Waals surface area contributed by atoms with Gasteiger partial charge in [0.15, 0.2) is 0 Å². The van der Waals surface area contributed by atoms with Gasteiger partial charge in [0, 0.05) is 29.7 Å². The van der Waals surface area contributed by atoms with Crippen LogP contribution in [-0.2, 0) is 0 Å². The third kappa shape index (κ3) is 3.47. The normalized spacial score (nSPS) is 18.7. The molecule has 0 saturated carbocycles. The average Bonchev–Trinajstić information content (AvgIpc) is 2.40. The molecule has 20 heavy (non-hydrogen) atoms. The zero-order chi connectivity index (χ0) is 14.7. The molecule has 1 fully saturated rings. The Balaban J connectivity index is 2.06. The van der Waals surface area contributed by atoms with Gasteiger partial charge in [-0.15, -0.1) is 0 Å². The molecule has 2 amide bonds. The summed E-state index contributed by atoms with van der Waals surface area (Å²) in [6, 6.07) is 4.13. The second kappa shape index (κ2) is 6.21. The number of benzene rings is 1. The minimum atomic E-state index is -0.470. The Kier molecular flexibility index (Phi) is 4.59. The van der Waals surface area contributed by atoms with Gasteiger partial charge in [-0.2, -0.15) is 0 Å². The lowest BCUT2D eigenvalue weighted by atomic mass is 10.0. The van der Waals surface area contributed by atoms with Gasteiger partial charge in [-0.25, -0.2) is 4.79 Å². The summed E-state index contributed by atoms with van der Waals surface area (Å²) in [5.74, 6) is 0.509. The molecule has 1 saturated heterocycles. The van der Waals surface area contributed by atoms with Crippen LogP contribution < -0.4 is 5.32 Å². The van der Waals surface area contributed by atoms with E-state index in [-0.39, 0.29) is 11.7 Å². The topological polar surface area (TPSA) is 75.5 Å². The Bertz CT molecular complexity index is 536. The molecule has 7 heteroatoms. The lowest BCUT2D eigenvalue weighted by molar-refractivity contribution is -0.384. The molecule has 108 valence electrons. The number of likely N-dealkylation sites (tertiary alicyclic amines) is 1. The minimum Gasteiger partial charge on any atom is -0.324 e. The van der Waals surface area contributed by atoms with Gasteiger partial charge in [-0.3, -0.25) is 10.1 Å². The molecule has 1 unspecified atom stereocenters. The highest BCUT2D eigenvalue weighted by Crippen LogP contribution is 2.27. The van der Waals surface area contributed by atoms with Crippen molar-refractivity contribution in [3.8, 4) is 0 Å². The third-order valence-corrected chi connectivity index (χ3v) is 4.01. The zero-order valence-electron chi connectivity index (χ0n) is 11.1. The maximum atomic E-state index is 12.1. The van der Waals surface area contributed by atoms with Gasteiger partial charge in [0.1, 0.15) is 0 Å². The van der Waals surface area contributed by atoms with E-state index in [4.69, 9.17) is 0 Å². The monoisotopic (exact) mass is 341 g/mol. The highest BCUT2D eigenvalue weighted by molar-refractivity contribution is 9.10. The van der Waals surface area contributed by atoms with E-state index in [1.165, 1.54) is 18.2 Å². The van der Waals surface area contributed by atoms with Crippen molar-refractivity contribution in [1.82, 2.24) is 4.90 Å². The summed E-state index contributed by atoms with van der Waals surface area (Å²) >= 11 is 3.24. The number of urea groups is 1. The molecule has 0 bridgehead atoms. The summed E-state index contributed by atoms with van der Waals surface area (Å²) in [6.07, 6.45) is 2.15. The fourth-order valence-corrected chi connectivity index (χ4v) is 2.75. The van der Waals surface area contributed by atoms with Crippen LogP contribution in [0, 0.1) is 16.0 Å². The summed E-state index contributed by atoms with van der Waals surface area (Å²) < 4.78 is 0.505. The number of carbonyl (C=O) groups is 1. The van der Waals surface area contributed by atoms with E-state index in [1.54, 1.807) is 4.90 Å². The number of hydrogen-bond donors (Lipinski definition) is 1. The number of rotatable bonds is 2. The van der Waals surface area contributed by atoms with E-state index in [9.17, 15) is 14.9 Å². The van der Waals surface area contributed by atoms with E-state index in [1.807, 2.05) is 0 Å². The predicted molar refractivity (Wildman–Crippen MR) is 79.8 cm³/mol. The molecular weight excluding hydrogens is 326 g/mol. The largest absolute Gasteiger partial charge is 0.324 e. The van der Waals surface area contributed by atoms with Gasteiger partial charge in [0.25, 0.3) is 5.69 Å². The van der Waals surface area contributed by atoms with Crippen LogP contribution in [0.25, 0.3) is 0 Å². The van der Waals surface area contributed by atoms with Crippen molar-refractivity contribution in [2.75, 3.05) is 18.4 Å². The number of hydrogen-bond acceptors (Lipinski definition) is 3. The van der Waals surface area contributed by atoms with E-state index in [2.05, 4.69) is 28.2 Å². The first-order valence-electron chi connectivity index (χ1n) is 6.47. The number of carbonyl (C=O) groups excluding carboxylic acids is 1. The smallest absolute Gasteiger partial charge is 0.321 e. The highest BCUT2D eigenvalue weighted by Gasteiger charge is 2.21. The second-order valence-corrected chi connectivity index (χ2v) is 5.90. The molecule has 1 atom stereocenters. The number of amides is 2. The van der Waals surface area contributed by atoms with Crippen LogP contribution in [0.4, 0.5) is 16.2 Å². The Morgan fingerprint density at radius 2 is 2.30 bits per heavy atom. The molecule has 1 aliphatic rings. The number of halogens is 1. The maximum absolute atomic E-state index is 12.1. The lowest BCUT2D eigenvalue weighted by Crippen LogP contribution is -2.41. The van der Waals surface area contributed by atoms with Gasteiger partial charge < -0.3 is 10.2 Å². The van der Waals surface area contributed by atoms with Crippen LogP contribution in [0.15, 0.2) is 22.7 Å². The van der Waals surface area contributed by atoms with Crippen molar-refractivity contribution in [3.05, 3.63) is 32.8 Å². The molecule has 1 aliphatic heterocycles. The van der Waals surface area contributed by atoms with E-state index in [0.717, 1.165) is 25.9 Å². The molecule has 1 N–H and O–H groups in total. The number of anilines is 1. The molecule has 0 aliphatic carbocycles. The summed E-state index contributed by atoms with van der Waals surface area (Å²) in [4.78, 5) is 24.1. The van der Waals surface area contributed by atoms with Crippen molar-refractivity contribution in [3.63, 3.8) is 0 Å². The molecule has 0 spiro atoms. The standard InChI is InChI=1S/C13H16BrN3O3/c1-9-3-2-6-16(8-9)13(18)15-12-5-4-10(17(19)20)7-11(12)14/h4-5,7,9H,2-3,6,8H2,1H3,(H,15,18). The Morgan fingerprint density at radius 1 is 1.55 bits per heavy atom. The number of nitrogens with zero attached hydrogens (tertiary/aromatic N) is 2. The summed E-state index contributed by atoms with van der Waals surface area (Å²) in [7, 11) is 0. The third-order valence-electron chi connectivity index (χ3n) is 3.35. The van der Waals surface area contributed by atoms with Gasteiger partial charge in [0.05, 0.1) is 10.6 Å². The number of piperidine rings is 1. The molecule has 1 aromatic rings. The van der Waals surface area contributed by atoms with Crippen LogP contribution in [0.1, 0.15) is 19.8 Å². The van der Waals surface area contributed by atoms with Crippen molar-refractivity contribution in [2.24, 2.45) is 5.92 Å². The van der Waals surface area contributed by atoms with Crippen molar-refractivity contribution in [1.29, 1.82) is 0 Å². The summed E-state index contributed by atoms with van der Waals surface area (Å²) in [5, 5.41) is 13.4. The average molecular weight is 342 g/mol. The SMILES string of the molecule is CC1CCCN(C(=O)Nc2ccc([N+](=O)[O-])cc2Br)C1. The fraction of sp³-hybridized carbons (Fsp3) is 0.462. The van der Waals surface area contributed by atoms with Crippen molar-refractivity contribution in [2.45, 2.75) is 19.8 Å². The van der Waals surface area contributed by atoms with Crippen LogP contribution in [-0.4, -0.2) is 28.9 Å². The van der Waals surface area contributed by atoms with Crippen LogP contribution in [0.5, 0.6) is 0 Å². The molecule has 6 nitrogen and oxygen atoms in total.